The van der Waals surface area contributed by atoms with Gasteiger partial charge in [-0.1, -0.05) is 18.2 Å². The molecule has 2 aromatic rings. The highest BCUT2D eigenvalue weighted by molar-refractivity contribution is 7.17. The number of nitriles is 1. The van der Waals surface area contributed by atoms with E-state index in [4.69, 9.17) is 5.26 Å². The van der Waals surface area contributed by atoms with E-state index in [-0.39, 0.29) is 5.41 Å². The first-order chi connectivity index (χ1) is 7.62. The van der Waals surface area contributed by atoms with Crippen molar-refractivity contribution in [3.8, 4) is 6.07 Å². The van der Waals surface area contributed by atoms with Crippen LogP contribution in [0.4, 0.5) is 5.69 Å². The Morgan fingerprint density at radius 3 is 2.88 bits per heavy atom. The van der Waals surface area contributed by atoms with Gasteiger partial charge in [-0.25, -0.2) is 0 Å². The van der Waals surface area contributed by atoms with E-state index >= 15 is 0 Å². The van der Waals surface area contributed by atoms with Crippen LogP contribution in [0.15, 0.2) is 29.6 Å². The monoisotopic (exact) mass is 230 g/mol. The van der Waals surface area contributed by atoms with Gasteiger partial charge >= 0.3 is 0 Å². The summed E-state index contributed by atoms with van der Waals surface area (Å²) in [4.78, 5) is 0. The van der Waals surface area contributed by atoms with E-state index in [9.17, 15) is 0 Å². The Bertz CT molecular complexity index is 534. The van der Waals surface area contributed by atoms with Crippen molar-refractivity contribution in [2.45, 2.75) is 13.8 Å². The second-order valence-corrected chi connectivity index (χ2v) is 5.41. The molecular formula is C13H14N2S. The second-order valence-electron chi connectivity index (χ2n) is 4.49. The third-order valence-electron chi connectivity index (χ3n) is 2.50. The van der Waals surface area contributed by atoms with Gasteiger partial charge in [0.15, 0.2) is 0 Å². The number of benzene rings is 1. The van der Waals surface area contributed by atoms with Crippen LogP contribution in [-0.2, 0) is 0 Å². The minimum Gasteiger partial charge on any atom is -0.382 e. The zero-order valence-electron chi connectivity index (χ0n) is 9.45. The molecule has 82 valence electrons. The van der Waals surface area contributed by atoms with Crippen molar-refractivity contribution in [2.75, 3.05) is 11.9 Å². The topological polar surface area (TPSA) is 35.8 Å². The van der Waals surface area contributed by atoms with Gasteiger partial charge in [0.1, 0.15) is 0 Å². The van der Waals surface area contributed by atoms with Gasteiger partial charge in [-0.05, 0) is 19.9 Å². The summed E-state index contributed by atoms with van der Waals surface area (Å²) >= 11 is 1.73. The summed E-state index contributed by atoms with van der Waals surface area (Å²) in [6.07, 6.45) is 0. The molecule has 0 aliphatic rings. The average molecular weight is 230 g/mol. The molecule has 1 N–H and O–H groups in total. The van der Waals surface area contributed by atoms with Crippen LogP contribution in [0, 0.1) is 16.7 Å². The van der Waals surface area contributed by atoms with Crippen LogP contribution in [0.1, 0.15) is 13.8 Å². The summed E-state index contributed by atoms with van der Waals surface area (Å²) in [5.74, 6) is 0. The van der Waals surface area contributed by atoms with Crippen molar-refractivity contribution in [3.05, 3.63) is 29.6 Å². The molecule has 0 saturated heterocycles. The average Bonchev–Trinajstić information content (AvgIpc) is 2.70. The van der Waals surface area contributed by atoms with E-state index < -0.39 is 0 Å². The maximum atomic E-state index is 8.95. The molecule has 0 spiro atoms. The van der Waals surface area contributed by atoms with Gasteiger partial charge in [0, 0.05) is 22.0 Å². The predicted octanol–water partition coefficient (Wildman–Crippen LogP) is 3.86. The Balaban J connectivity index is 2.20. The fourth-order valence-electron chi connectivity index (χ4n) is 1.47. The zero-order valence-corrected chi connectivity index (χ0v) is 10.3. The molecule has 0 fully saturated rings. The van der Waals surface area contributed by atoms with Crippen molar-refractivity contribution >= 4 is 27.1 Å². The largest absolute Gasteiger partial charge is 0.382 e. The minimum atomic E-state index is -0.330. The number of nitrogens with zero attached hydrogens (tertiary/aromatic N) is 1. The van der Waals surface area contributed by atoms with Crippen molar-refractivity contribution < 1.29 is 0 Å². The molecule has 2 nitrogen and oxygen atoms in total. The first kappa shape index (κ1) is 11.0. The molecule has 16 heavy (non-hydrogen) atoms. The molecule has 0 aliphatic carbocycles. The number of rotatable bonds is 3. The molecule has 3 heteroatoms. The van der Waals surface area contributed by atoms with Crippen LogP contribution in [0.25, 0.3) is 10.1 Å². The zero-order chi connectivity index (χ0) is 11.6. The lowest BCUT2D eigenvalue weighted by Crippen LogP contribution is -2.20. The van der Waals surface area contributed by atoms with Gasteiger partial charge in [-0.3, -0.25) is 0 Å². The van der Waals surface area contributed by atoms with E-state index in [2.05, 4.69) is 28.9 Å². The normalized spacial score (nSPS) is 11.3. The summed E-state index contributed by atoms with van der Waals surface area (Å²) in [5.41, 5.74) is 0.798. The molecule has 0 aliphatic heterocycles. The van der Waals surface area contributed by atoms with Crippen LogP contribution in [0.5, 0.6) is 0 Å². The number of thiophene rings is 1. The number of nitrogens with one attached hydrogen (secondary N) is 1. The highest BCUT2D eigenvalue weighted by atomic mass is 32.1. The van der Waals surface area contributed by atoms with Crippen molar-refractivity contribution in [1.82, 2.24) is 0 Å². The molecular weight excluding hydrogens is 216 g/mol. The molecule has 0 radical (unpaired) electrons. The molecule has 2 rings (SSSR count). The lowest BCUT2D eigenvalue weighted by atomic mass is 9.96. The number of fused-ring (bicyclic) bond motifs is 1. The molecule has 0 amide bonds. The maximum absolute atomic E-state index is 8.95. The van der Waals surface area contributed by atoms with E-state index in [0.29, 0.717) is 6.54 Å². The van der Waals surface area contributed by atoms with Crippen LogP contribution >= 0.6 is 11.3 Å². The Labute approximate surface area is 99.5 Å². The first-order valence-corrected chi connectivity index (χ1v) is 6.12. The van der Waals surface area contributed by atoms with Crippen LogP contribution in [-0.4, -0.2) is 6.54 Å². The SMILES string of the molecule is CC(C)(C#N)CNc1csc2ccccc12. The smallest absolute Gasteiger partial charge is 0.0702 e. The van der Waals surface area contributed by atoms with Gasteiger partial charge in [0.25, 0.3) is 0 Å². The van der Waals surface area contributed by atoms with Gasteiger partial charge < -0.3 is 5.32 Å². The van der Waals surface area contributed by atoms with Crippen molar-refractivity contribution in [2.24, 2.45) is 5.41 Å². The Kier molecular flexibility index (Phi) is 2.84. The van der Waals surface area contributed by atoms with Gasteiger partial charge in [-0.15, -0.1) is 11.3 Å². The summed E-state index contributed by atoms with van der Waals surface area (Å²) in [6.45, 7) is 4.55. The standard InChI is InChI=1S/C13H14N2S/c1-13(2,8-14)9-15-11-7-16-12-6-4-3-5-10(11)12/h3-7,15H,9H2,1-2H3. The highest BCUT2D eigenvalue weighted by Gasteiger charge is 2.16. The lowest BCUT2D eigenvalue weighted by molar-refractivity contribution is 0.529. The fourth-order valence-corrected chi connectivity index (χ4v) is 2.39. The number of anilines is 1. The van der Waals surface area contributed by atoms with Crippen molar-refractivity contribution in [1.29, 1.82) is 5.26 Å². The Hall–Kier alpha value is -1.53. The van der Waals surface area contributed by atoms with Crippen LogP contribution in [0.3, 0.4) is 0 Å². The van der Waals surface area contributed by atoms with E-state index in [0.717, 1.165) is 5.69 Å². The second kappa shape index (κ2) is 4.15. The molecule has 1 aromatic heterocycles. The van der Waals surface area contributed by atoms with Crippen molar-refractivity contribution in [3.63, 3.8) is 0 Å². The van der Waals surface area contributed by atoms with Crippen LogP contribution < -0.4 is 5.32 Å². The molecule has 1 heterocycles. The number of hydrogen-bond acceptors (Lipinski definition) is 3. The molecule has 1 aromatic carbocycles. The summed E-state index contributed by atoms with van der Waals surface area (Å²) in [5, 5.41) is 15.6. The summed E-state index contributed by atoms with van der Waals surface area (Å²) < 4.78 is 1.28. The first-order valence-electron chi connectivity index (χ1n) is 5.24. The molecule has 0 saturated carbocycles. The van der Waals surface area contributed by atoms with E-state index in [1.165, 1.54) is 10.1 Å². The summed E-state index contributed by atoms with van der Waals surface area (Å²) in [7, 11) is 0. The third kappa shape index (κ3) is 2.17. The molecule has 0 unspecified atom stereocenters. The quantitative estimate of drug-likeness (QED) is 0.869. The third-order valence-corrected chi connectivity index (χ3v) is 3.47. The Morgan fingerprint density at radius 2 is 2.12 bits per heavy atom. The van der Waals surface area contributed by atoms with Gasteiger partial charge in [-0.2, -0.15) is 5.26 Å². The molecule has 0 bridgehead atoms. The number of hydrogen-bond donors (Lipinski definition) is 1. The molecule has 0 atom stereocenters. The van der Waals surface area contributed by atoms with E-state index in [1.54, 1.807) is 11.3 Å². The highest BCUT2D eigenvalue weighted by Crippen LogP contribution is 2.30. The predicted molar refractivity (Wildman–Crippen MR) is 69.7 cm³/mol. The lowest BCUT2D eigenvalue weighted by Gasteiger charge is -2.16. The van der Waals surface area contributed by atoms with Gasteiger partial charge in [0.05, 0.1) is 17.2 Å². The van der Waals surface area contributed by atoms with Crippen LogP contribution in [0.2, 0.25) is 0 Å². The fraction of sp³-hybridized carbons (Fsp3) is 0.308. The van der Waals surface area contributed by atoms with E-state index in [1.807, 2.05) is 26.0 Å². The maximum Gasteiger partial charge on any atom is 0.0702 e. The summed E-state index contributed by atoms with van der Waals surface area (Å²) in [6, 6.07) is 10.6. The Morgan fingerprint density at radius 1 is 1.38 bits per heavy atom. The van der Waals surface area contributed by atoms with Gasteiger partial charge in [0.2, 0.25) is 0 Å². The minimum absolute atomic E-state index is 0.330.